The zero-order valence-electron chi connectivity index (χ0n) is 9.23. The third-order valence-corrected chi connectivity index (χ3v) is 2.10. The fourth-order valence-electron chi connectivity index (χ4n) is 1.39. The van der Waals surface area contributed by atoms with E-state index >= 15 is 0 Å². The van der Waals surface area contributed by atoms with Crippen LogP contribution >= 0.6 is 0 Å². The quantitative estimate of drug-likeness (QED) is 0.561. The molecule has 0 unspecified atom stereocenters. The molecule has 1 aromatic carbocycles. The molecule has 0 spiro atoms. The van der Waals surface area contributed by atoms with Crippen LogP contribution in [0.5, 0.6) is 0 Å². The Hall–Kier alpha value is -2.03. The van der Waals surface area contributed by atoms with E-state index in [0.717, 1.165) is 17.8 Å². The zero-order valence-corrected chi connectivity index (χ0v) is 9.23. The molecular weight excluding hydrogens is 200 g/mol. The van der Waals surface area contributed by atoms with Gasteiger partial charge in [-0.25, -0.2) is 0 Å². The minimum Gasteiger partial charge on any atom is -0.380 e. The normalized spacial score (nSPS) is 9.25. The molecular formula is C13H16N2O. The molecule has 0 saturated carbocycles. The highest BCUT2D eigenvalue weighted by Crippen LogP contribution is 2.24. The van der Waals surface area contributed by atoms with Gasteiger partial charge in [0.15, 0.2) is 0 Å². The molecule has 1 amide bonds. The third-order valence-electron chi connectivity index (χ3n) is 2.10. The molecule has 0 bridgehead atoms. The number of para-hydroxylation sites is 2. The lowest BCUT2D eigenvalue weighted by molar-refractivity contribution is -0.107. The summed E-state index contributed by atoms with van der Waals surface area (Å²) in [4.78, 5) is 12.5. The first-order valence-electron chi connectivity index (χ1n) is 5.10. The second-order valence-corrected chi connectivity index (χ2v) is 3.23. The van der Waals surface area contributed by atoms with E-state index in [1.807, 2.05) is 24.3 Å². The van der Waals surface area contributed by atoms with E-state index in [-0.39, 0.29) is 0 Å². The summed E-state index contributed by atoms with van der Waals surface area (Å²) in [5.41, 5.74) is 1.76. The fourth-order valence-corrected chi connectivity index (χ4v) is 1.39. The number of nitrogens with one attached hydrogen (secondary N) is 1. The van der Waals surface area contributed by atoms with E-state index in [4.69, 9.17) is 0 Å². The molecule has 84 valence electrons. The van der Waals surface area contributed by atoms with Crippen molar-refractivity contribution in [2.45, 2.75) is 0 Å². The van der Waals surface area contributed by atoms with Gasteiger partial charge in [-0.2, -0.15) is 0 Å². The number of hydrogen-bond donors (Lipinski definition) is 1. The van der Waals surface area contributed by atoms with Gasteiger partial charge in [-0.3, -0.25) is 4.79 Å². The van der Waals surface area contributed by atoms with Crippen molar-refractivity contribution < 1.29 is 4.79 Å². The van der Waals surface area contributed by atoms with Gasteiger partial charge in [0, 0.05) is 13.1 Å². The summed E-state index contributed by atoms with van der Waals surface area (Å²) in [5, 5.41) is 3.18. The first-order chi connectivity index (χ1) is 7.83. The van der Waals surface area contributed by atoms with Crippen LogP contribution in [-0.4, -0.2) is 19.5 Å². The van der Waals surface area contributed by atoms with Gasteiger partial charge in [0.1, 0.15) is 0 Å². The molecule has 0 aromatic heterocycles. The number of anilines is 2. The monoisotopic (exact) mass is 216 g/mol. The number of carbonyl (C=O) groups is 1. The Morgan fingerprint density at radius 3 is 2.62 bits per heavy atom. The van der Waals surface area contributed by atoms with Crippen LogP contribution in [0.15, 0.2) is 49.6 Å². The average Bonchev–Trinajstić information content (AvgIpc) is 2.34. The van der Waals surface area contributed by atoms with Crippen molar-refractivity contribution in [2.75, 3.05) is 23.3 Å². The Labute approximate surface area is 96.1 Å². The summed E-state index contributed by atoms with van der Waals surface area (Å²) >= 11 is 0. The molecule has 0 atom stereocenters. The van der Waals surface area contributed by atoms with Crippen LogP contribution in [-0.2, 0) is 4.79 Å². The van der Waals surface area contributed by atoms with Gasteiger partial charge in [0.25, 0.3) is 0 Å². The zero-order chi connectivity index (χ0) is 11.8. The highest BCUT2D eigenvalue weighted by atomic mass is 16.1. The minimum absolute atomic E-state index is 0.496. The smallest absolute Gasteiger partial charge is 0.214 e. The predicted octanol–water partition coefficient (Wildman–Crippen LogP) is 2.43. The maximum Gasteiger partial charge on any atom is 0.214 e. The second-order valence-electron chi connectivity index (χ2n) is 3.23. The first-order valence-corrected chi connectivity index (χ1v) is 5.10. The molecule has 3 nitrogen and oxygen atoms in total. The van der Waals surface area contributed by atoms with Gasteiger partial charge in [-0.1, -0.05) is 24.3 Å². The van der Waals surface area contributed by atoms with Gasteiger partial charge in [-0.05, 0) is 12.1 Å². The number of benzene rings is 1. The number of nitrogens with zero attached hydrogens (tertiary/aromatic N) is 1. The Morgan fingerprint density at radius 2 is 2.00 bits per heavy atom. The van der Waals surface area contributed by atoms with Crippen molar-refractivity contribution in [3.05, 3.63) is 49.6 Å². The minimum atomic E-state index is 0.496. The molecule has 1 aromatic rings. The van der Waals surface area contributed by atoms with Crippen molar-refractivity contribution in [3.63, 3.8) is 0 Å². The van der Waals surface area contributed by atoms with Gasteiger partial charge in [0.05, 0.1) is 11.4 Å². The van der Waals surface area contributed by atoms with Crippen LogP contribution < -0.4 is 10.2 Å². The van der Waals surface area contributed by atoms with Gasteiger partial charge in [-0.15, -0.1) is 13.2 Å². The molecule has 0 aliphatic carbocycles. The summed E-state index contributed by atoms with van der Waals surface area (Å²) in [6, 6.07) is 7.64. The standard InChI is InChI=1S/C13H16N2O/c1-3-9-14-12-7-5-6-8-13(12)15(11-16)10-4-2/h3-8,11,14H,1-2,9-10H2. The highest BCUT2D eigenvalue weighted by Gasteiger charge is 2.07. The van der Waals surface area contributed by atoms with E-state index in [2.05, 4.69) is 18.5 Å². The summed E-state index contributed by atoms with van der Waals surface area (Å²) in [5.74, 6) is 0. The maximum atomic E-state index is 11.0. The molecule has 0 aliphatic rings. The second kappa shape index (κ2) is 6.45. The SMILES string of the molecule is C=CCNc1ccccc1N(C=O)CC=C. The van der Waals surface area contributed by atoms with Crippen LogP contribution in [0, 0.1) is 0 Å². The number of carbonyl (C=O) groups excluding carboxylic acids is 1. The third kappa shape index (κ3) is 2.98. The van der Waals surface area contributed by atoms with Crippen molar-refractivity contribution in [3.8, 4) is 0 Å². The summed E-state index contributed by atoms with van der Waals surface area (Å²) in [6.07, 6.45) is 4.27. The molecule has 3 heteroatoms. The van der Waals surface area contributed by atoms with Crippen LogP contribution in [0.1, 0.15) is 0 Å². The molecule has 1 N–H and O–H groups in total. The molecule has 0 heterocycles. The molecule has 16 heavy (non-hydrogen) atoms. The van der Waals surface area contributed by atoms with Crippen LogP contribution in [0.2, 0.25) is 0 Å². The van der Waals surface area contributed by atoms with Crippen LogP contribution in [0.4, 0.5) is 11.4 Å². The lowest BCUT2D eigenvalue weighted by Crippen LogP contribution is -2.22. The van der Waals surface area contributed by atoms with Gasteiger partial charge >= 0.3 is 0 Å². The maximum absolute atomic E-state index is 11.0. The van der Waals surface area contributed by atoms with Crippen molar-refractivity contribution >= 4 is 17.8 Å². The Morgan fingerprint density at radius 1 is 1.25 bits per heavy atom. The van der Waals surface area contributed by atoms with E-state index in [9.17, 15) is 4.79 Å². The van der Waals surface area contributed by atoms with Crippen molar-refractivity contribution in [1.82, 2.24) is 0 Å². The van der Waals surface area contributed by atoms with Crippen LogP contribution in [0.3, 0.4) is 0 Å². The summed E-state index contributed by atoms with van der Waals surface area (Å²) in [6.45, 7) is 8.43. The Kier molecular flexibility index (Phi) is 4.86. The lowest BCUT2D eigenvalue weighted by Gasteiger charge is -2.19. The lowest BCUT2D eigenvalue weighted by atomic mass is 10.2. The largest absolute Gasteiger partial charge is 0.380 e. The summed E-state index contributed by atoms with van der Waals surface area (Å²) in [7, 11) is 0. The molecule has 0 radical (unpaired) electrons. The van der Waals surface area contributed by atoms with Crippen LogP contribution in [0.25, 0.3) is 0 Å². The van der Waals surface area contributed by atoms with Crippen molar-refractivity contribution in [2.24, 2.45) is 0 Å². The topological polar surface area (TPSA) is 32.3 Å². The predicted molar refractivity (Wildman–Crippen MR) is 68.7 cm³/mol. The highest BCUT2D eigenvalue weighted by molar-refractivity contribution is 5.83. The number of hydrogen-bond acceptors (Lipinski definition) is 2. The number of amides is 1. The average molecular weight is 216 g/mol. The van der Waals surface area contributed by atoms with E-state index < -0.39 is 0 Å². The fraction of sp³-hybridized carbons (Fsp3) is 0.154. The Bertz CT molecular complexity index is 374. The van der Waals surface area contributed by atoms with E-state index in [0.29, 0.717) is 13.1 Å². The number of rotatable bonds is 7. The van der Waals surface area contributed by atoms with Gasteiger partial charge < -0.3 is 10.2 Å². The van der Waals surface area contributed by atoms with Gasteiger partial charge in [0.2, 0.25) is 6.41 Å². The summed E-state index contributed by atoms with van der Waals surface area (Å²) < 4.78 is 0. The molecule has 0 saturated heterocycles. The van der Waals surface area contributed by atoms with Crippen molar-refractivity contribution in [1.29, 1.82) is 0 Å². The van der Waals surface area contributed by atoms with E-state index in [1.54, 1.807) is 17.1 Å². The first kappa shape index (κ1) is 12.0. The van der Waals surface area contributed by atoms with E-state index in [1.165, 1.54) is 0 Å². The molecule has 0 fully saturated rings. The molecule has 1 rings (SSSR count). The molecule has 0 aliphatic heterocycles. The Balaban J connectivity index is 2.94.